The molecule has 2 aromatic heterocycles. The summed E-state index contributed by atoms with van der Waals surface area (Å²) in [5.74, 6) is -0.732. The highest BCUT2D eigenvalue weighted by Gasteiger charge is 2.18. The first kappa shape index (κ1) is 24.0. The van der Waals surface area contributed by atoms with E-state index in [1.165, 1.54) is 22.8 Å². The summed E-state index contributed by atoms with van der Waals surface area (Å²) in [7, 11) is 1.55. The van der Waals surface area contributed by atoms with Crippen molar-refractivity contribution in [1.29, 1.82) is 0 Å². The summed E-state index contributed by atoms with van der Waals surface area (Å²) in [5, 5.41) is 12.2. The zero-order chi connectivity index (χ0) is 25.1. The summed E-state index contributed by atoms with van der Waals surface area (Å²) in [6.07, 6.45) is 0. The van der Waals surface area contributed by atoms with Crippen LogP contribution in [0.3, 0.4) is 0 Å². The molecule has 0 aliphatic rings. The van der Waals surface area contributed by atoms with Gasteiger partial charge < -0.3 is 15.2 Å². The average molecular weight is 494 g/mol. The molecule has 0 saturated heterocycles. The van der Waals surface area contributed by atoms with E-state index in [2.05, 4.69) is 5.32 Å². The lowest BCUT2D eigenvalue weighted by Gasteiger charge is -2.10. The van der Waals surface area contributed by atoms with Crippen molar-refractivity contribution >= 4 is 33.4 Å². The lowest BCUT2D eigenvalue weighted by molar-refractivity contribution is 0.0696. The molecule has 0 aliphatic carbocycles. The van der Waals surface area contributed by atoms with Crippen LogP contribution < -0.4 is 21.3 Å². The van der Waals surface area contributed by atoms with E-state index < -0.39 is 17.2 Å². The molecular weight excluding hydrogens is 470 g/mol. The molecule has 0 radical (unpaired) electrons. The van der Waals surface area contributed by atoms with Crippen molar-refractivity contribution in [3.8, 4) is 5.75 Å². The van der Waals surface area contributed by atoms with Crippen molar-refractivity contribution in [2.24, 2.45) is 7.05 Å². The normalized spacial score (nSPS) is 10.9. The molecule has 9 nitrogen and oxygen atoms in total. The maximum atomic E-state index is 13.1. The monoisotopic (exact) mass is 493 g/mol. The minimum atomic E-state index is -1.06. The number of nitrogens with zero attached hydrogens (tertiary/aromatic N) is 2. The largest absolute Gasteiger partial charge is 0.494 e. The van der Waals surface area contributed by atoms with E-state index in [9.17, 15) is 19.2 Å². The van der Waals surface area contributed by atoms with Crippen LogP contribution in [-0.4, -0.2) is 32.7 Å². The molecule has 0 spiro atoms. The Labute approximate surface area is 203 Å². The van der Waals surface area contributed by atoms with Gasteiger partial charge in [0.15, 0.2) is 0 Å². The first-order valence-corrected chi connectivity index (χ1v) is 11.7. The number of carboxylic acids is 1. The summed E-state index contributed by atoms with van der Waals surface area (Å²) < 4.78 is 8.00. The zero-order valence-electron chi connectivity index (χ0n) is 19.1. The second kappa shape index (κ2) is 9.98. The smallest absolute Gasteiger partial charge is 0.335 e. The second-order valence-corrected chi connectivity index (χ2v) is 8.82. The Morgan fingerprint density at radius 3 is 2.49 bits per heavy atom. The average Bonchev–Trinajstić information content (AvgIpc) is 3.31. The number of carboxylic acid groups (broad SMARTS) is 1. The summed E-state index contributed by atoms with van der Waals surface area (Å²) in [6.45, 7) is 2.62. The molecule has 180 valence electrons. The number of thiophene rings is 1. The van der Waals surface area contributed by atoms with E-state index in [4.69, 9.17) is 9.84 Å². The molecule has 0 unspecified atom stereocenters. The number of carbonyl (C=O) groups is 2. The summed E-state index contributed by atoms with van der Waals surface area (Å²) in [4.78, 5) is 50.6. The Hall–Kier alpha value is -4.18. The number of ether oxygens (including phenoxy) is 1. The maximum absolute atomic E-state index is 13.1. The van der Waals surface area contributed by atoms with Crippen LogP contribution in [0.4, 0.5) is 0 Å². The van der Waals surface area contributed by atoms with Crippen LogP contribution in [0.15, 0.2) is 64.2 Å². The van der Waals surface area contributed by atoms with Gasteiger partial charge >= 0.3 is 11.7 Å². The number of carbonyl (C=O) groups excluding carboxylic acids is 1. The van der Waals surface area contributed by atoms with E-state index in [1.54, 1.807) is 19.2 Å². The summed E-state index contributed by atoms with van der Waals surface area (Å²) in [6, 6.07) is 14.9. The van der Waals surface area contributed by atoms with Crippen molar-refractivity contribution in [2.45, 2.75) is 20.0 Å². The van der Waals surface area contributed by atoms with Gasteiger partial charge in [0.05, 0.1) is 29.0 Å². The fraction of sp³-hybridized carbons (Fsp3) is 0.200. The van der Waals surface area contributed by atoms with Gasteiger partial charge in [0, 0.05) is 19.2 Å². The Bertz CT molecular complexity index is 1530. The fourth-order valence-corrected chi connectivity index (χ4v) is 4.70. The van der Waals surface area contributed by atoms with Crippen LogP contribution in [0.5, 0.6) is 5.75 Å². The molecule has 1 amide bonds. The first-order chi connectivity index (χ1) is 16.8. The molecular formula is C25H23N3O6S. The molecule has 4 rings (SSSR count). The summed E-state index contributed by atoms with van der Waals surface area (Å²) >= 11 is 1.07. The Morgan fingerprint density at radius 1 is 1.09 bits per heavy atom. The third-order valence-electron chi connectivity index (χ3n) is 5.49. The van der Waals surface area contributed by atoms with Gasteiger partial charge in [-0.1, -0.05) is 30.3 Å². The van der Waals surface area contributed by atoms with Gasteiger partial charge in [0.25, 0.3) is 11.5 Å². The zero-order valence-corrected chi connectivity index (χ0v) is 19.9. The molecule has 10 heteroatoms. The van der Waals surface area contributed by atoms with E-state index >= 15 is 0 Å². The molecule has 0 aliphatic heterocycles. The highest BCUT2D eigenvalue weighted by Crippen LogP contribution is 2.23. The number of aromatic nitrogens is 2. The quantitative estimate of drug-likeness (QED) is 0.390. The van der Waals surface area contributed by atoms with Crippen molar-refractivity contribution in [3.63, 3.8) is 0 Å². The SMILES string of the molecule is CCOc1ccccc1CNC(=O)c1cc2c(=O)n(Cc3ccc(C(=O)O)cc3)c(=O)n(C)c2s1. The Morgan fingerprint density at radius 2 is 1.80 bits per heavy atom. The predicted octanol–water partition coefficient (Wildman–Crippen LogP) is 2.84. The van der Waals surface area contributed by atoms with Crippen LogP contribution in [0.2, 0.25) is 0 Å². The van der Waals surface area contributed by atoms with Crippen LogP contribution in [-0.2, 0) is 20.1 Å². The molecule has 0 bridgehead atoms. The molecule has 2 heterocycles. The highest BCUT2D eigenvalue weighted by molar-refractivity contribution is 7.20. The molecule has 0 saturated carbocycles. The number of hydrogen-bond donors (Lipinski definition) is 2. The van der Waals surface area contributed by atoms with Gasteiger partial charge in [-0.3, -0.25) is 18.7 Å². The van der Waals surface area contributed by atoms with E-state index in [0.717, 1.165) is 21.5 Å². The van der Waals surface area contributed by atoms with Crippen molar-refractivity contribution in [1.82, 2.24) is 14.5 Å². The fourth-order valence-electron chi connectivity index (χ4n) is 3.68. The number of aryl methyl sites for hydroxylation is 1. The van der Waals surface area contributed by atoms with Gasteiger partial charge in [0.2, 0.25) is 0 Å². The van der Waals surface area contributed by atoms with Crippen molar-refractivity contribution < 1.29 is 19.4 Å². The summed E-state index contributed by atoms with van der Waals surface area (Å²) in [5.41, 5.74) is 0.510. The van der Waals surface area contributed by atoms with Crippen LogP contribution in [0.25, 0.3) is 10.2 Å². The molecule has 0 fully saturated rings. The van der Waals surface area contributed by atoms with Gasteiger partial charge in [0.1, 0.15) is 10.6 Å². The first-order valence-electron chi connectivity index (χ1n) is 10.8. The standard InChI is InChI=1S/C25H23N3O6S/c1-3-34-19-7-5-4-6-17(19)13-26-21(29)20-12-18-22(30)28(25(33)27(2)23(18)35-20)14-15-8-10-16(11-9-15)24(31)32/h4-12H,3,13-14H2,1-2H3,(H,26,29)(H,31,32). The lowest BCUT2D eigenvalue weighted by Crippen LogP contribution is -2.38. The number of fused-ring (bicyclic) bond motifs is 1. The minimum Gasteiger partial charge on any atom is -0.494 e. The second-order valence-electron chi connectivity index (χ2n) is 7.79. The number of para-hydroxylation sites is 1. The van der Waals surface area contributed by atoms with Gasteiger partial charge in [-0.25, -0.2) is 9.59 Å². The Kier molecular flexibility index (Phi) is 6.83. The Balaban J connectivity index is 1.61. The molecule has 35 heavy (non-hydrogen) atoms. The number of amides is 1. The topological polar surface area (TPSA) is 120 Å². The van der Waals surface area contributed by atoms with E-state index in [1.807, 2.05) is 31.2 Å². The molecule has 2 N–H and O–H groups in total. The molecule has 0 atom stereocenters. The van der Waals surface area contributed by atoms with Crippen molar-refractivity contribution in [2.75, 3.05) is 6.61 Å². The van der Waals surface area contributed by atoms with E-state index in [0.29, 0.717) is 27.6 Å². The van der Waals surface area contributed by atoms with Crippen LogP contribution in [0.1, 0.15) is 38.1 Å². The number of nitrogens with one attached hydrogen (secondary N) is 1. The molecule has 2 aromatic carbocycles. The van der Waals surface area contributed by atoms with Crippen LogP contribution in [0, 0.1) is 0 Å². The van der Waals surface area contributed by atoms with Gasteiger partial charge in [-0.05, 0) is 36.8 Å². The number of benzene rings is 2. The minimum absolute atomic E-state index is 0.0209. The third-order valence-corrected chi connectivity index (χ3v) is 6.70. The highest BCUT2D eigenvalue weighted by atomic mass is 32.1. The number of rotatable bonds is 8. The van der Waals surface area contributed by atoms with Crippen molar-refractivity contribution in [3.05, 3.63) is 97.0 Å². The number of aromatic carboxylic acids is 1. The lowest BCUT2D eigenvalue weighted by atomic mass is 10.1. The number of hydrogen-bond acceptors (Lipinski definition) is 6. The van der Waals surface area contributed by atoms with E-state index in [-0.39, 0.29) is 29.9 Å². The van der Waals surface area contributed by atoms with Crippen LogP contribution >= 0.6 is 11.3 Å². The molecule has 4 aromatic rings. The van der Waals surface area contributed by atoms with Gasteiger partial charge in [-0.2, -0.15) is 0 Å². The third kappa shape index (κ3) is 4.87. The predicted molar refractivity (Wildman–Crippen MR) is 133 cm³/mol. The van der Waals surface area contributed by atoms with Gasteiger partial charge in [-0.15, -0.1) is 11.3 Å². The maximum Gasteiger partial charge on any atom is 0.335 e.